The number of primary sulfonamides is 1. The maximum Gasteiger partial charge on any atom is 0.251 e. The van der Waals surface area contributed by atoms with Gasteiger partial charge in [-0.1, -0.05) is 11.6 Å². The highest BCUT2D eigenvalue weighted by molar-refractivity contribution is 7.89. The SMILES string of the molecule is NS(=O)(=O)c1ccc(O[C@@H]2CCN(CC(F)F)C2)nc1Cl. The van der Waals surface area contributed by atoms with Crippen molar-refractivity contribution < 1.29 is 21.9 Å². The number of hydrogen-bond acceptors (Lipinski definition) is 5. The van der Waals surface area contributed by atoms with Gasteiger partial charge in [-0.3, -0.25) is 4.90 Å². The minimum Gasteiger partial charge on any atom is -0.473 e. The van der Waals surface area contributed by atoms with Gasteiger partial charge in [0.2, 0.25) is 15.9 Å². The van der Waals surface area contributed by atoms with Crippen LogP contribution in [0, 0.1) is 0 Å². The van der Waals surface area contributed by atoms with Crippen molar-refractivity contribution in [2.24, 2.45) is 5.14 Å². The third kappa shape index (κ3) is 4.47. The number of pyridine rings is 1. The molecule has 2 N–H and O–H groups in total. The summed E-state index contributed by atoms with van der Waals surface area (Å²) in [5.74, 6) is 0.135. The first-order valence-corrected chi connectivity index (χ1v) is 8.04. The van der Waals surface area contributed by atoms with Crippen molar-refractivity contribution in [3.63, 3.8) is 0 Å². The molecule has 0 aliphatic carbocycles. The van der Waals surface area contributed by atoms with Gasteiger partial charge in [0.25, 0.3) is 6.43 Å². The number of ether oxygens (including phenoxy) is 1. The van der Waals surface area contributed by atoms with Crippen molar-refractivity contribution in [1.29, 1.82) is 0 Å². The molecule has 21 heavy (non-hydrogen) atoms. The van der Waals surface area contributed by atoms with E-state index in [0.29, 0.717) is 19.5 Å². The van der Waals surface area contributed by atoms with E-state index in [1.165, 1.54) is 12.1 Å². The Morgan fingerprint density at radius 2 is 2.24 bits per heavy atom. The van der Waals surface area contributed by atoms with E-state index in [4.69, 9.17) is 21.5 Å². The molecule has 1 fully saturated rings. The Kier molecular flexibility index (Phi) is 4.97. The highest BCUT2D eigenvalue weighted by Gasteiger charge is 2.26. The predicted molar refractivity (Wildman–Crippen MR) is 72.1 cm³/mol. The van der Waals surface area contributed by atoms with E-state index in [2.05, 4.69) is 4.98 Å². The first-order chi connectivity index (χ1) is 9.75. The van der Waals surface area contributed by atoms with Crippen LogP contribution in [0.25, 0.3) is 0 Å². The molecular formula is C11H14ClF2N3O3S. The lowest BCUT2D eigenvalue weighted by atomic mass is 10.3. The molecule has 0 spiro atoms. The molecule has 0 bridgehead atoms. The number of nitrogens with zero attached hydrogens (tertiary/aromatic N) is 2. The van der Waals surface area contributed by atoms with Gasteiger partial charge < -0.3 is 4.74 Å². The molecule has 10 heteroatoms. The van der Waals surface area contributed by atoms with E-state index in [-0.39, 0.29) is 28.6 Å². The van der Waals surface area contributed by atoms with Crippen molar-refractivity contribution in [3.05, 3.63) is 17.3 Å². The molecule has 0 saturated carbocycles. The Morgan fingerprint density at radius 3 is 2.81 bits per heavy atom. The lowest BCUT2D eigenvalue weighted by Crippen LogP contribution is -2.29. The summed E-state index contributed by atoms with van der Waals surface area (Å²) in [7, 11) is -3.94. The number of hydrogen-bond donors (Lipinski definition) is 1. The molecule has 1 aromatic rings. The molecule has 118 valence electrons. The lowest BCUT2D eigenvalue weighted by molar-refractivity contribution is 0.0927. The molecule has 1 aliphatic rings. The second-order valence-electron chi connectivity index (χ2n) is 4.66. The molecule has 0 radical (unpaired) electrons. The number of sulfonamides is 1. The van der Waals surface area contributed by atoms with Gasteiger partial charge in [-0.05, 0) is 12.5 Å². The first-order valence-electron chi connectivity index (χ1n) is 6.12. The van der Waals surface area contributed by atoms with Crippen LogP contribution in [-0.4, -0.2) is 50.5 Å². The van der Waals surface area contributed by atoms with E-state index >= 15 is 0 Å². The molecule has 2 rings (SSSR count). The minimum atomic E-state index is -3.94. The van der Waals surface area contributed by atoms with Crippen LogP contribution < -0.4 is 9.88 Å². The summed E-state index contributed by atoms with van der Waals surface area (Å²) < 4.78 is 52.4. The molecule has 1 atom stereocenters. The zero-order valence-corrected chi connectivity index (χ0v) is 12.4. The molecule has 1 aromatic heterocycles. The smallest absolute Gasteiger partial charge is 0.251 e. The Bertz CT molecular complexity index is 615. The van der Waals surface area contributed by atoms with Crippen molar-refractivity contribution in [2.45, 2.75) is 23.8 Å². The van der Waals surface area contributed by atoms with Gasteiger partial charge in [-0.2, -0.15) is 0 Å². The summed E-state index contributed by atoms with van der Waals surface area (Å²) >= 11 is 5.74. The molecule has 0 aromatic carbocycles. The maximum absolute atomic E-state index is 12.3. The predicted octanol–water partition coefficient (Wildman–Crippen LogP) is 1.10. The summed E-state index contributed by atoms with van der Waals surface area (Å²) in [5.41, 5.74) is 0. The Hall–Kier alpha value is -1.03. The Morgan fingerprint density at radius 1 is 1.52 bits per heavy atom. The van der Waals surface area contributed by atoms with Crippen molar-refractivity contribution in [2.75, 3.05) is 19.6 Å². The number of aromatic nitrogens is 1. The van der Waals surface area contributed by atoms with Crippen molar-refractivity contribution in [1.82, 2.24) is 9.88 Å². The Labute approximate surface area is 125 Å². The fourth-order valence-corrected chi connectivity index (χ4v) is 3.11. The van der Waals surface area contributed by atoms with Crippen LogP contribution in [0.4, 0.5) is 8.78 Å². The molecule has 6 nitrogen and oxygen atoms in total. The monoisotopic (exact) mass is 341 g/mol. The van der Waals surface area contributed by atoms with Crippen molar-refractivity contribution >= 4 is 21.6 Å². The van der Waals surface area contributed by atoms with E-state index in [9.17, 15) is 17.2 Å². The van der Waals surface area contributed by atoms with Crippen LogP contribution in [0.3, 0.4) is 0 Å². The van der Waals surface area contributed by atoms with Gasteiger partial charge in [0.05, 0.1) is 6.54 Å². The van der Waals surface area contributed by atoms with Crippen LogP contribution in [0.1, 0.15) is 6.42 Å². The Balaban J connectivity index is 2.00. The topological polar surface area (TPSA) is 85.5 Å². The van der Waals surface area contributed by atoms with Crippen LogP contribution in [0.2, 0.25) is 5.15 Å². The number of rotatable bonds is 5. The van der Waals surface area contributed by atoms with Crippen LogP contribution in [0.5, 0.6) is 5.88 Å². The molecule has 0 unspecified atom stereocenters. The molecule has 2 heterocycles. The van der Waals surface area contributed by atoms with Crippen molar-refractivity contribution in [3.8, 4) is 5.88 Å². The highest BCUT2D eigenvalue weighted by Crippen LogP contribution is 2.23. The molecular weight excluding hydrogens is 328 g/mol. The zero-order chi connectivity index (χ0) is 15.6. The highest BCUT2D eigenvalue weighted by atomic mass is 35.5. The average molecular weight is 342 g/mol. The van der Waals surface area contributed by atoms with Crippen LogP contribution in [0.15, 0.2) is 17.0 Å². The third-order valence-corrected chi connectivity index (χ3v) is 4.35. The van der Waals surface area contributed by atoms with E-state index in [1.807, 2.05) is 0 Å². The van der Waals surface area contributed by atoms with Gasteiger partial charge in [-0.15, -0.1) is 0 Å². The lowest BCUT2D eigenvalue weighted by Gasteiger charge is -2.16. The standard InChI is InChI=1S/C11H14ClF2N3O3S/c12-11-8(21(15,18)19)1-2-10(16-11)20-7-3-4-17(5-7)6-9(13)14/h1-2,7,9H,3-6H2,(H2,15,18,19)/t7-/m1/s1. The van der Waals surface area contributed by atoms with E-state index in [0.717, 1.165) is 0 Å². The summed E-state index contributed by atoms with van der Waals surface area (Å²) in [6.07, 6.45) is -2.08. The van der Waals surface area contributed by atoms with Gasteiger partial charge in [0.15, 0.2) is 5.15 Å². The van der Waals surface area contributed by atoms with Gasteiger partial charge >= 0.3 is 0 Å². The normalized spacial score (nSPS) is 20.1. The largest absolute Gasteiger partial charge is 0.473 e. The third-order valence-electron chi connectivity index (χ3n) is 3.01. The minimum absolute atomic E-state index is 0.135. The quantitative estimate of drug-likeness (QED) is 0.811. The van der Waals surface area contributed by atoms with E-state index in [1.54, 1.807) is 4.90 Å². The maximum atomic E-state index is 12.3. The molecule has 0 amide bonds. The van der Waals surface area contributed by atoms with E-state index < -0.39 is 16.4 Å². The van der Waals surface area contributed by atoms with Gasteiger partial charge in [0, 0.05) is 19.2 Å². The second kappa shape index (κ2) is 6.39. The van der Waals surface area contributed by atoms with Crippen LogP contribution in [-0.2, 0) is 10.0 Å². The van der Waals surface area contributed by atoms with Gasteiger partial charge in [0.1, 0.15) is 11.0 Å². The number of alkyl halides is 2. The second-order valence-corrected chi connectivity index (χ2v) is 6.55. The number of likely N-dealkylation sites (tertiary alicyclic amines) is 1. The molecule has 1 aliphatic heterocycles. The zero-order valence-electron chi connectivity index (χ0n) is 10.9. The summed E-state index contributed by atoms with van der Waals surface area (Å²) in [6.45, 7) is 0.580. The summed E-state index contributed by atoms with van der Waals surface area (Å²) in [5, 5.41) is 4.68. The number of nitrogens with two attached hydrogens (primary N) is 1. The summed E-state index contributed by atoms with van der Waals surface area (Å²) in [6, 6.07) is 2.53. The van der Waals surface area contributed by atoms with Gasteiger partial charge in [-0.25, -0.2) is 27.3 Å². The van der Waals surface area contributed by atoms with Crippen LogP contribution >= 0.6 is 11.6 Å². The fraction of sp³-hybridized carbons (Fsp3) is 0.545. The average Bonchev–Trinajstić information content (AvgIpc) is 2.73. The number of halogens is 3. The molecule has 1 saturated heterocycles. The fourth-order valence-electron chi connectivity index (χ4n) is 2.11. The summed E-state index contributed by atoms with van der Waals surface area (Å²) in [4.78, 5) is 5.11. The first kappa shape index (κ1) is 16.3.